The van der Waals surface area contributed by atoms with E-state index in [0.717, 1.165) is 12.8 Å². The normalized spacial score (nSPS) is 12.5. The van der Waals surface area contributed by atoms with Crippen molar-refractivity contribution in [1.82, 2.24) is 4.90 Å². The monoisotopic (exact) mass is 240 g/mol. The molecular formula is C12H20N2OS. The number of thiophene rings is 1. The molecule has 1 aromatic rings. The molecule has 4 heteroatoms. The summed E-state index contributed by atoms with van der Waals surface area (Å²) in [7, 11) is 1.82. The lowest BCUT2D eigenvalue weighted by Gasteiger charge is -2.20. The molecule has 16 heavy (non-hydrogen) atoms. The summed E-state index contributed by atoms with van der Waals surface area (Å²) in [4.78, 5) is 14.8. The van der Waals surface area contributed by atoms with Crippen molar-refractivity contribution in [3.8, 4) is 0 Å². The molecule has 3 nitrogen and oxygen atoms in total. The van der Waals surface area contributed by atoms with Gasteiger partial charge in [0, 0.05) is 11.9 Å². The second kappa shape index (κ2) is 6.01. The van der Waals surface area contributed by atoms with Crippen molar-refractivity contribution in [2.75, 3.05) is 7.05 Å². The number of aryl methyl sites for hydroxylation is 1. The van der Waals surface area contributed by atoms with E-state index in [9.17, 15) is 4.79 Å². The van der Waals surface area contributed by atoms with E-state index in [4.69, 9.17) is 5.73 Å². The standard InChI is InChI=1S/C12H20N2OS/c1-4-5-10(13)12(15)14(3)8-11-9(2)6-7-16-11/h6-7,10H,4-5,8,13H2,1-3H3/t10-/m1/s1. The van der Waals surface area contributed by atoms with E-state index in [2.05, 4.69) is 18.4 Å². The Hall–Kier alpha value is -0.870. The maximum atomic E-state index is 11.9. The summed E-state index contributed by atoms with van der Waals surface area (Å²) in [6.45, 7) is 4.77. The average molecular weight is 240 g/mol. The van der Waals surface area contributed by atoms with Crippen molar-refractivity contribution < 1.29 is 4.79 Å². The number of nitrogens with zero attached hydrogens (tertiary/aromatic N) is 1. The zero-order valence-electron chi connectivity index (χ0n) is 10.2. The largest absolute Gasteiger partial charge is 0.339 e. The van der Waals surface area contributed by atoms with Gasteiger partial charge in [0.2, 0.25) is 5.91 Å². The summed E-state index contributed by atoms with van der Waals surface area (Å²) in [6.07, 6.45) is 1.70. The molecule has 0 aliphatic carbocycles. The van der Waals surface area contributed by atoms with Crippen LogP contribution in [0.25, 0.3) is 0 Å². The highest BCUT2D eigenvalue weighted by atomic mass is 32.1. The van der Waals surface area contributed by atoms with Crippen molar-refractivity contribution in [3.63, 3.8) is 0 Å². The predicted octanol–water partition coefficient (Wildman–Crippen LogP) is 2.14. The molecule has 0 bridgehead atoms. The molecule has 1 amide bonds. The molecule has 1 aromatic heterocycles. The van der Waals surface area contributed by atoms with Crippen LogP contribution in [0.1, 0.15) is 30.2 Å². The minimum Gasteiger partial charge on any atom is -0.339 e. The zero-order valence-corrected chi connectivity index (χ0v) is 11.0. The first kappa shape index (κ1) is 13.2. The Morgan fingerprint density at radius 3 is 2.81 bits per heavy atom. The maximum Gasteiger partial charge on any atom is 0.239 e. The first-order valence-corrected chi connectivity index (χ1v) is 6.47. The van der Waals surface area contributed by atoms with Gasteiger partial charge in [0.25, 0.3) is 0 Å². The number of carbonyl (C=O) groups excluding carboxylic acids is 1. The van der Waals surface area contributed by atoms with Gasteiger partial charge in [-0.15, -0.1) is 11.3 Å². The van der Waals surface area contributed by atoms with Crippen LogP contribution in [0.3, 0.4) is 0 Å². The second-order valence-electron chi connectivity index (χ2n) is 4.12. The summed E-state index contributed by atoms with van der Waals surface area (Å²) in [5.74, 6) is 0.0367. The van der Waals surface area contributed by atoms with E-state index in [-0.39, 0.29) is 11.9 Å². The van der Waals surface area contributed by atoms with Gasteiger partial charge in [-0.1, -0.05) is 13.3 Å². The minimum atomic E-state index is -0.352. The van der Waals surface area contributed by atoms with Gasteiger partial charge in [0.05, 0.1) is 12.6 Å². The molecule has 1 atom stereocenters. The average Bonchev–Trinajstić information content (AvgIpc) is 2.63. The number of likely N-dealkylation sites (N-methyl/N-ethyl adjacent to an activating group) is 1. The number of nitrogens with two attached hydrogens (primary N) is 1. The highest BCUT2D eigenvalue weighted by molar-refractivity contribution is 7.10. The van der Waals surface area contributed by atoms with Crippen LogP contribution in [0.15, 0.2) is 11.4 Å². The van der Waals surface area contributed by atoms with E-state index < -0.39 is 0 Å². The molecule has 0 aliphatic rings. The molecule has 1 heterocycles. The van der Waals surface area contributed by atoms with E-state index >= 15 is 0 Å². The number of rotatable bonds is 5. The SMILES string of the molecule is CCC[C@@H](N)C(=O)N(C)Cc1sccc1C. The molecule has 0 unspecified atom stereocenters. The Balaban J connectivity index is 2.55. The summed E-state index contributed by atoms with van der Waals surface area (Å²) in [6, 6.07) is 1.72. The molecule has 0 aromatic carbocycles. The van der Waals surface area contributed by atoms with Gasteiger partial charge < -0.3 is 10.6 Å². The van der Waals surface area contributed by atoms with Gasteiger partial charge >= 0.3 is 0 Å². The fraction of sp³-hybridized carbons (Fsp3) is 0.583. The molecule has 90 valence electrons. The summed E-state index contributed by atoms with van der Waals surface area (Å²) >= 11 is 1.69. The fourth-order valence-electron chi connectivity index (χ4n) is 1.58. The third kappa shape index (κ3) is 3.32. The Morgan fingerprint density at radius 2 is 2.31 bits per heavy atom. The first-order valence-electron chi connectivity index (χ1n) is 5.59. The van der Waals surface area contributed by atoms with E-state index in [1.54, 1.807) is 16.2 Å². The van der Waals surface area contributed by atoms with Crippen molar-refractivity contribution in [2.45, 2.75) is 39.3 Å². The highest BCUT2D eigenvalue weighted by Crippen LogP contribution is 2.17. The third-order valence-electron chi connectivity index (χ3n) is 2.64. The van der Waals surface area contributed by atoms with Gasteiger partial charge in [-0.2, -0.15) is 0 Å². The highest BCUT2D eigenvalue weighted by Gasteiger charge is 2.17. The maximum absolute atomic E-state index is 11.9. The Kier molecular flexibility index (Phi) is 4.96. The summed E-state index contributed by atoms with van der Waals surface area (Å²) in [5.41, 5.74) is 7.05. The minimum absolute atomic E-state index is 0.0367. The number of carbonyl (C=O) groups is 1. The van der Waals surface area contributed by atoms with Crippen molar-refractivity contribution >= 4 is 17.2 Å². The summed E-state index contributed by atoms with van der Waals surface area (Å²) in [5, 5.41) is 2.05. The molecule has 0 saturated heterocycles. The lowest BCUT2D eigenvalue weighted by atomic mass is 10.1. The van der Waals surface area contributed by atoms with Gasteiger partial charge in [-0.3, -0.25) is 4.79 Å². The number of hydrogen-bond acceptors (Lipinski definition) is 3. The van der Waals surface area contributed by atoms with Crippen LogP contribution in [0.4, 0.5) is 0 Å². The van der Waals surface area contributed by atoms with E-state index in [1.807, 2.05) is 14.0 Å². The number of hydrogen-bond donors (Lipinski definition) is 1. The van der Waals surface area contributed by atoms with Gasteiger partial charge in [0.15, 0.2) is 0 Å². The molecule has 2 N–H and O–H groups in total. The van der Waals surface area contributed by atoms with Crippen LogP contribution in [0.2, 0.25) is 0 Å². The molecular weight excluding hydrogens is 220 g/mol. The quantitative estimate of drug-likeness (QED) is 0.857. The van der Waals surface area contributed by atoms with E-state index in [0.29, 0.717) is 6.54 Å². The molecule has 0 radical (unpaired) electrons. The van der Waals surface area contributed by atoms with Crippen LogP contribution >= 0.6 is 11.3 Å². The van der Waals surface area contributed by atoms with Crippen LogP contribution in [-0.2, 0) is 11.3 Å². The molecule has 1 rings (SSSR count). The second-order valence-corrected chi connectivity index (χ2v) is 5.12. The smallest absolute Gasteiger partial charge is 0.239 e. The molecule has 0 saturated carbocycles. The predicted molar refractivity (Wildman–Crippen MR) is 68.4 cm³/mol. The van der Waals surface area contributed by atoms with Crippen molar-refractivity contribution in [2.24, 2.45) is 5.73 Å². The Bertz CT molecular complexity index is 349. The van der Waals surface area contributed by atoms with Gasteiger partial charge in [-0.05, 0) is 30.4 Å². The van der Waals surface area contributed by atoms with Crippen LogP contribution in [0, 0.1) is 6.92 Å². The Morgan fingerprint density at radius 1 is 1.62 bits per heavy atom. The lowest BCUT2D eigenvalue weighted by molar-refractivity contribution is -0.131. The summed E-state index contributed by atoms with van der Waals surface area (Å²) < 4.78 is 0. The van der Waals surface area contributed by atoms with Gasteiger partial charge in [0.1, 0.15) is 0 Å². The Labute approximate surface area is 101 Å². The van der Waals surface area contributed by atoms with Crippen LogP contribution < -0.4 is 5.73 Å². The molecule has 0 aliphatic heterocycles. The van der Waals surface area contributed by atoms with E-state index in [1.165, 1.54) is 10.4 Å². The molecule has 0 spiro atoms. The zero-order chi connectivity index (χ0) is 12.1. The third-order valence-corrected chi connectivity index (χ3v) is 3.65. The topological polar surface area (TPSA) is 46.3 Å². The van der Waals surface area contributed by atoms with Crippen molar-refractivity contribution in [3.05, 3.63) is 21.9 Å². The fourth-order valence-corrected chi connectivity index (χ4v) is 2.54. The lowest BCUT2D eigenvalue weighted by Crippen LogP contribution is -2.41. The van der Waals surface area contributed by atoms with Gasteiger partial charge in [-0.25, -0.2) is 0 Å². The van der Waals surface area contributed by atoms with Crippen molar-refractivity contribution in [1.29, 1.82) is 0 Å². The van der Waals surface area contributed by atoms with Crippen LogP contribution in [-0.4, -0.2) is 23.9 Å². The number of amides is 1. The molecule has 0 fully saturated rings. The van der Waals surface area contributed by atoms with Crippen LogP contribution in [0.5, 0.6) is 0 Å². The first-order chi connectivity index (χ1) is 7.56.